The van der Waals surface area contributed by atoms with Crippen molar-refractivity contribution in [2.75, 3.05) is 7.11 Å². The number of carbonyl (C=O) groups excluding carboxylic acids is 2. The first-order chi connectivity index (χ1) is 9.07. The number of carbonyl (C=O) groups is 2. The van der Waals surface area contributed by atoms with Gasteiger partial charge in [-0.05, 0) is 30.5 Å². The summed E-state index contributed by atoms with van der Waals surface area (Å²) < 4.78 is 5.23. The van der Waals surface area contributed by atoms with Crippen molar-refractivity contribution < 1.29 is 14.3 Å². The molecule has 0 bridgehead atoms. The topological polar surface area (TPSA) is 55.4 Å². The van der Waals surface area contributed by atoms with Crippen LogP contribution in [0.5, 0.6) is 5.75 Å². The minimum Gasteiger partial charge on any atom is -0.497 e. The smallest absolute Gasteiger partial charge is 0.287 e. The van der Waals surface area contributed by atoms with E-state index in [0.29, 0.717) is 0 Å². The second kappa shape index (κ2) is 5.43. The number of rotatable bonds is 4. The van der Waals surface area contributed by atoms with E-state index in [4.69, 9.17) is 4.74 Å². The summed E-state index contributed by atoms with van der Waals surface area (Å²) in [5.41, 5.74) is 0.594. The molecule has 0 radical (unpaired) electrons. The molecule has 0 heterocycles. The molecule has 1 fully saturated rings. The lowest BCUT2D eigenvalue weighted by atomic mass is 9.87. The molecule has 4 nitrogen and oxygen atoms in total. The molecule has 0 atom stereocenters. The molecule has 1 saturated carbocycles. The van der Waals surface area contributed by atoms with Gasteiger partial charge in [-0.3, -0.25) is 9.59 Å². The van der Waals surface area contributed by atoms with Gasteiger partial charge in [0.2, 0.25) is 5.78 Å². The van der Waals surface area contributed by atoms with Crippen LogP contribution < -0.4 is 10.1 Å². The predicted octanol–water partition coefficient (Wildman–Crippen LogP) is 2.17. The zero-order valence-corrected chi connectivity index (χ0v) is 11.4. The van der Waals surface area contributed by atoms with Crippen molar-refractivity contribution in [1.29, 1.82) is 0 Å². The SMILES string of the molecule is COc1cccc(C2(NC(=O)C(C)=O)CCCC2)c1. The Bertz CT molecular complexity index is 490. The van der Waals surface area contributed by atoms with Gasteiger partial charge in [-0.1, -0.05) is 25.0 Å². The molecule has 1 aliphatic carbocycles. The summed E-state index contributed by atoms with van der Waals surface area (Å²) in [6.07, 6.45) is 3.82. The molecule has 0 unspecified atom stereocenters. The van der Waals surface area contributed by atoms with Gasteiger partial charge in [-0.2, -0.15) is 0 Å². The fraction of sp³-hybridized carbons (Fsp3) is 0.467. The summed E-state index contributed by atoms with van der Waals surface area (Å²) in [5.74, 6) is -0.195. The van der Waals surface area contributed by atoms with Crippen LogP contribution in [0.1, 0.15) is 38.2 Å². The minimum atomic E-state index is -0.510. The molecule has 0 saturated heterocycles. The minimum absolute atomic E-state index is 0.419. The van der Waals surface area contributed by atoms with Gasteiger partial charge in [0.05, 0.1) is 12.6 Å². The molecule has 102 valence electrons. The maximum absolute atomic E-state index is 11.7. The van der Waals surface area contributed by atoms with Gasteiger partial charge in [-0.25, -0.2) is 0 Å². The molecule has 1 aromatic carbocycles. The van der Waals surface area contributed by atoms with Gasteiger partial charge >= 0.3 is 0 Å². The van der Waals surface area contributed by atoms with Crippen LogP contribution in [0.25, 0.3) is 0 Å². The summed E-state index contributed by atoms with van der Waals surface area (Å²) in [4.78, 5) is 22.9. The summed E-state index contributed by atoms with van der Waals surface area (Å²) in [7, 11) is 1.62. The van der Waals surface area contributed by atoms with Crippen LogP contribution in [0, 0.1) is 0 Å². The van der Waals surface area contributed by atoms with Gasteiger partial charge in [-0.15, -0.1) is 0 Å². The highest BCUT2D eigenvalue weighted by molar-refractivity contribution is 6.35. The van der Waals surface area contributed by atoms with Gasteiger partial charge in [0, 0.05) is 6.92 Å². The average Bonchev–Trinajstić information content (AvgIpc) is 2.88. The average molecular weight is 261 g/mol. The number of methoxy groups -OCH3 is 1. The third-order valence-electron chi connectivity index (χ3n) is 3.75. The summed E-state index contributed by atoms with van der Waals surface area (Å²) in [6.45, 7) is 1.30. The van der Waals surface area contributed by atoms with Gasteiger partial charge in [0.25, 0.3) is 5.91 Å². The van der Waals surface area contributed by atoms with Crippen molar-refractivity contribution in [1.82, 2.24) is 5.32 Å². The van der Waals surface area contributed by atoms with Gasteiger partial charge in [0.15, 0.2) is 0 Å². The lowest BCUT2D eigenvalue weighted by Crippen LogP contribution is -2.46. The number of benzene rings is 1. The summed E-state index contributed by atoms with van der Waals surface area (Å²) >= 11 is 0. The maximum Gasteiger partial charge on any atom is 0.287 e. The predicted molar refractivity (Wildman–Crippen MR) is 72.0 cm³/mol. The Morgan fingerprint density at radius 1 is 1.26 bits per heavy atom. The van der Waals surface area contributed by atoms with Crippen LogP contribution in [0.4, 0.5) is 0 Å². The second-order valence-corrected chi connectivity index (χ2v) is 5.03. The maximum atomic E-state index is 11.7. The Hall–Kier alpha value is -1.84. The summed E-state index contributed by atoms with van der Waals surface area (Å²) in [5, 5.41) is 2.92. The quantitative estimate of drug-likeness (QED) is 0.845. The first-order valence-corrected chi connectivity index (χ1v) is 6.55. The zero-order chi connectivity index (χ0) is 13.9. The van der Waals surface area contributed by atoms with Crippen molar-refractivity contribution in [3.05, 3.63) is 29.8 Å². The Balaban J connectivity index is 2.33. The van der Waals surface area contributed by atoms with E-state index in [0.717, 1.165) is 37.0 Å². The van der Waals surface area contributed by atoms with E-state index in [1.807, 2.05) is 24.3 Å². The van der Waals surface area contributed by atoms with Crippen LogP contribution >= 0.6 is 0 Å². The lowest BCUT2D eigenvalue weighted by molar-refractivity contribution is -0.138. The number of ketones is 1. The molecular weight excluding hydrogens is 242 g/mol. The molecule has 1 aromatic rings. The number of hydrogen-bond donors (Lipinski definition) is 1. The molecule has 0 spiro atoms. The van der Waals surface area contributed by atoms with E-state index in [-0.39, 0.29) is 0 Å². The standard InChI is InChI=1S/C15H19NO3/c1-11(17)14(18)16-15(8-3-4-9-15)12-6-5-7-13(10-12)19-2/h5-7,10H,3-4,8-9H2,1-2H3,(H,16,18). The van der Waals surface area contributed by atoms with Gasteiger partial charge in [0.1, 0.15) is 5.75 Å². The molecule has 4 heteroatoms. The zero-order valence-electron chi connectivity index (χ0n) is 11.4. The van der Waals surface area contributed by atoms with Crippen molar-refractivity contribution in [2.24, 2.45) is 0 Å². The Morgan fingerprint density at radius 3 is 2.53 bits per heavy atom. The van der Waals surface area contributed by atoms with Gasteiger partial charge < -0.3 is 10.1 Å². The van der Waals surface area contributed by atoms with Crippen molar-refractivity contribution in [3.63, 3.8) is 0 Å². The largest absolute Gasteiger partial charge is 0.497 e. The molecule has 1 aliphatic rings. The number of amides is 1. The summed E-state index contributed by atoms with van der Waals surface area (Å²) in [6, 6.07) is 7.70. The monoisotopic (exact) mass is 261 g/mol. The molecule has 1 amide bonds. The highest BCUT2D eigenvalue weighted by Crippen LogP contribution is 2.39. The van der Waals surface area contributed by atoms with E-state index in [1.54, 1.807) is 7.11 Å². The number of Topliss-reactive ketones (excluding diaryl/α,β-unsaturated/α-hetero) is 1. The van der Waals surface area contributed by atoms with Crippen LogP contribution in [-0.2, 0) is 15.1 Å². The third kappa shape index (κ3) is 2.78. The van der Waals surface area contributed by atoms with Crippen LogP contribution in [-0.4, -0.2) is 18.8 Å². The number of hydrogen-bond acceptors (Lipinski definition) is 3. The molecule has 2 rings (SSSR count). The van der Waals surface area contributed by atoms with Crippen LogP contribution in [0.15, 0.2) is 24.3 Å². The van der Waals surface area contributed by atoms with E-state index < -0.39 is 17.2 Å². The van der Waals surface area contributed by atoms with Crippen LogP contribution in [0.3, 0.4) is 0 Å². The van der Waals surface area contributed by atoms with Crippen molar-refractivity contribution in [3.8, 4) is 5.75 Å². The fourth-order valence-electron chi connectivity index (χ4n) is 2.69. The van der Waals surface area contributed by atoms with E-state index in [1.165, 1.54) is 6.92 Å². The fourth-order valence-corrected chi connectivity index (χ4v) is 2.69. The Labute approximate surface area is 113 Å². The highest BCUT2D eigenvalue weighted by Gasteiger charge is 2.37. The second-order valence-electron chi connectivity index (χ2n) is 5.03. The molecule has 0 aromatic heterocycles. The van der Waals surface area contributed by atoms with E-state index >= 15 is 0 Å². The normalized spacial score (nSPS) is 16.9. The first-order valence-electron chi connectivity index (χ1n) is 6.55. The van der Waals surface area contributed by atoms with E-state index in [2.05, 4.69) is 5.32 Å². The van der Waals surface area contributed by atoms with Crippen LogP contribution in [0.2, 0.25) is 0 Å². The molecule has 1 N–H and O–H groups in total. The Morgan fingerprint density at radius 2 is 1.95 bits per heavy atom. The third-order valence-corrected chi connectivity index (χ3v) is 3.75. The van der Waals surface area contributed by atoms with Crippen molar-refractivity contribution >= 4 is 11.7 Å². The van der Waals surface area contributed by atoms with E-state index in [9.17, 15) is 9.59 Å². The molecule has 0 aliphatic heterocycles. The van der Waals surface area contributed by atoms with Crippen molar-refractivity contribution in [2.45, 2.75) is 38.1 Å². The number of nitrogens with one attached hydrogen (secondary N) is 1. The Kier molecular flexibility index (Phi) is 3.88. The highest BCUT2D eigenvalue weighted by atomic mass is 16.5. The first kappa shape index (κ1) is 13.6. The number of ether oxygens (including phenoxy) is 1. The molecule has 19 heavy (non-hydrogen) atoms. The lowest BCUT2D eigenvalue weighted by Gasteiger charge is -2.30. The molecular formula is C15H19NO3.